The van der Waals surface area contributed by atoms with Gasteiger partial charge < -0.3 is 16.0 Å². The number of hydrogen-bond donors (Lipinski definition) is 3. The van der Waals surface area contributed by atoms with Crippen molar-refractivity contribution in [3.05, 3.63) is 34.4 Å². The van der Waals surface area contributed by atoms with Crippen molar-refractivity contribution in [1.82, 2.24) is 10.6 Å². The lowest BCUT2D eigenvalue weighted by molar-refractivity contribution is -0.384. The van der Waals surface area contributed by atoms with Crippen LogP contribution in [0.1, 0.15) is 19.8 Å². The molecule has 7 heteroatoms. The second-order valence-corrected chi connectivity index (χ2v) is 4.54. The molecule has 1 aromatic carbocycles. The first-order valence-electron chi connectivity index (χ1n) is 7.09. The van der Waals surface area contributed by atoms with Gasteiger partial charge in [-0.2, -0.15) is 0 Å². The average Bonchev–Trinajstić information content (AvgIpc) is 2.48. The van der Waals surface area contributed by atoms with Crippen molar-refractivity contribution in [1.29, 1.82) is 0 Å². The molecule has 0 saturated carbocycles. The van der Waals surface area contributed by atoms with Crippen LogP contribution in [0.3, 0.4) is 0 Å². The molecule has 1 rings (SSSR count). The summed E-state index contributed by atoms with van der Waals surface area (Å²) in [7, 11) is 0. The number of rotatable bonds is 10. The van der Waals surface area contributed by atoms with Gasteiger partial charge >= 0.3 is 0 Å². The van der Waals surface area contributed by atoms with Crippen molar-refractivity contribution >= 4 is 17.3 Å². The van der Waals surface area contributed by atoms with Crippen LogP contribution in [0.4, 0.5) is 11.4 Å². The SMILES string of the molecule is CCNCCNC(=O)CCCNc1ccc([N+](=O)[O-])cc1. The van der Waals surface area contributed by atoms with Gasteiger partial charge in [-0.1, -0.05) is 6.92 Å². The first kappa shape index (κ1) is 16.9. The number of nitrogens with zero attached hydrogens (tertiary/aromatic N) is 1. The van der Waals surface area contributed by atoms with Crippen LogP contribution in [0.2, 0.25) is 0 Å². The Morgan fingerprint density at radius 2 is 1.90 bits per heavy atom. The smallest absolute Gasteiger partial charge is 0.269 e. The van der Waals surface area contributed by atoms with E-state index in [0.717, 1.165) is 18.8 Å². The summed E-state index contributed by atoms with van der Waals surface area (Å²) in [6.07, 6.45) is 1.18. The molecule has 0 saturated heterocycles. The number of amides is 1. The van der Waals surface area contributed by atoms with Crippen LogP contribution < -0.4 is 16.0 Å². The van der Waals surface area contributed by atoms with Crippen molar-refractivity contribution in [2.45, 2.75) is 19.8 Å². The van der Waals surface area contributed by atoms with Crippen molar-refractivity contribution < 1.29 is 9.72 Å². The Kier molecular flexibility index (Phi) is 7.81. The molecule has 1 aromatic rings. The highest BCUT2D eigenvalue weighted by atomic mass is 16.6. The standard InChI is InChI=1S/C14H22N4O3/c1-2-15-10-11-17-14(19)4-3-9-16-12-5-7-13(8-6-12)18(20)21/h5-8,15-16H,2-4,9-11H2,1H3,(H,17,19). The summed E-state index contributed by atoms with van der Waals surface area (Å²) in [4.78, 5) is 21.6. The Morgan fingerprint density at radius 1 is 1.19 bits per heavy atom. The first-order chi connectivity index (χ1) is 10.1. The summed E-state index contributed by atoms with van der Waals surface area (Å²) >= 11 is 0. The Balaban J connectivity index is 2.13. The topological polar surface area (TPSA) is 96.3 Å². The Hall–Kier alpha value is -2.15. The number of hydrogen-bond acceptors (Lipinski definition) is 5. The predicted octanol–water partition coefficient (Wildman–Crippen LogP) is 1.51. The normalized spacial score (nSPS) is 10.1. The number of non-ortho nitro benzene ring substituents is 1. The van der Waals surface area contributed by atoms with E-state index in [0.29, 0.717) is 25.9 Å². The van der Waals surface area contributed by atoms with Crippen molar-refractivity contribution in [3.8, 4) is 0 Å². The van der Waals surface area contributed by atoms with Crippen LogP contribution in [0, 0.1) is 10.1 Å². The van der Waals surface area contributed by atoms with Gasteiger partial charge in [0.15, 0.2) is 0 Å². The minimum absolute atomic E-state index is 0.0402. The molecule has 1 amide bonds. The third-order valence-corrected chi connectivity index (χ3v) is 2.86. The minimum atomic E-state index is -0.429. The molecule has 3 N–H and O–H groups in total. The average molecular weight is 294 g/mol. The number of likely N-dealkylation sites (N-methyl/N-ethyl adjacent to an activating group) is 1. The molecule has 116 valence electrons. The van der Waals surface area contributed by atoms with Crippen LogP contribution in [0.5, 0.6) is 0 Å². The zero-order chi connectivity index (χ0) is 15.5. The summed E-state index contributed by atoms with van der Waals surface area (Å²) in [5, 5.41) is 19.6. The quantitative estimate of drug-likeness (QED) is 0.345. The second-order valence-electron chi connectivity index (χ2n) is 4.54. The highest BCUT2D eigenvalue weighted by Gasteiger charge is 2.04. The number of benzene rings is 1. The molecule has 0 aliphatic rings. The highest BCUT2D eigenvalue weighted by molar-refractivity contribution is 5.75. The summed E-state index contributed by atoms with van der Waals surface area (Å²) < 4.78 is 0. The van der Waals surface area contributed by atoms with Gasteiger partial charge in [-0.25, -0.2) is 0 Å². The van der Waals surface area contributed by atoms with Crippen molar-refractivity contribution in [3.63, 3.8) is 0 Å². The van der Waals surface area contributed by atoms with E-state index in [4.69, 9.17) is 0 Å². The summed E-state index contributed by atoms with van der Waals surface area (Å²) in [6.45, 7) is 4.99. The molecular formula is C14H22N4O3. The molecule has 0 fully saturated rings. The Labute approximate surface area is 124 Å². The molecule has 0 radical (unpaired) electrons. The fraction of sp³-hybridized carbons (Fsp3) is 0.500. The number of carbonyl (C=O) groups is 1. The molecule has 21 heavy (non-hydrogen) atoms. The minimum Gasteiger partial charge on any atom is -0.385 e. The van der Waals surface area contributed by atoms with E-state index in [1.807, 2.05) is 6.92 Å². The first-order valence-corrected chi connectivity index (χ1v) is 7.09. The van der Waals surface area contributed by atoms with Gasteiger partial charge in [0, 0.05) is 43.9 Å². The number of nitro benzene ring substituents is 1. The van der Waals surface area contributed by atoms with Gasteiger partial charge in [-0.05, 0) is 25.1 Å². The van der Waals surface area contributed by atoms with E-state index < -0.39 is 4.92 Å². The molecule has 0 bridgehead atoms. The maximum absolute atomic E-state index is 11.5. The van der Waals surface area contributed by atoms with Crippen LogP contribution in [0.15, 0.2) is 24.3 Å². The monoisotopic (exact) mass is 294 g/mol. The fourth-order valence-electron chi connectivity index (χ4n) is 1.74. The summed E-state index contributed by atoms with van der Waals surface area (Å²) in [6, 6.07) is 6.23. The Bertz CT molecular complexity index is 448. The van der Waals surface area contributed by atoms with Crippen molar-refractivity contribution in [2.75, 3.05) is 31.5 Å². The molecule has 7 nitrogen and oxygen atoms in total. The van der Waals surface area contributed by atoms with Crippen LogP contribution in [0.25, 0.3) is 0 Å². The van der Waals surface area contributed by atoms with Gasteiger partial charge in [0.1, 0.15) is 0 Å². The second kappa shape index (κ2) is 9.71. The summed E-state index contributed by atoms with van der Waals surface area (Å²) in [5.74, 6) is 0.0402. The molecule has 0 heterocycles. The molecule has 0 unspecified atom stereocenters. The molecule has 0 aliphatic heterocycles. The predicted molar refractivity (Wildman–Crippen MR) is 82.4 cm³/mol. The maximum Gasteiger partial charge on any atom is 0.269 e. The van der Waals surface area contributed by atoms with Crippen LogP contribution in [-0.4, -0.2) is 37.0 Å². The number of anilines is 1. The van der Waals surface area contributed by atoms with E-state index in [1.54, 1.807) is 12.1 Å². The van der Waals surface area contributed by atoms with E-state index in [1.165, 1.54) is 12.1 Å². The fourth-order valence-corrected chi connectivity index (χ4v) is 1.74. The van der Waals surface area contributed by atoms with Crippen LogP contribution in [-0.2, 0) is 4.79 Å². The number of carbonyl (C=O) groups excluding carboxylic acids is 1. The maximum atomic E-state index is 11.5. The molecule has 0 atom stereocenters. The van der Waals surface area contributed by atoms with Gasteiger partial charge in [-0.3, -0.25) is 14.9 Å². The molecule has 0 aliphatic carbocycles. The number of nitrogens with one attached hydrogen (secondary N) is 3. The molecular weight excluding hydrogens is 272 g/mol. The molecule has 0 spiro atoms. The zero-order valence-electron chi connectivity index (χ0n) is 12.2. The third kappa shape index (κ3) is 7.26. The van der Waals surface area contributed by atoms with Gasteiger partial charge in [0.05, 0.1) is 4.92 Å². The van der Waals surface area contributed by atoms with Gasteiger partial charge in [0.25, 0.3) is 5.69 Å². The van der Waals surface area contributed by atoms with E-state index in [2.05, 4.69) is 16.0 Å². The summed E-state index contributed by atoms with van der Waals surface area (Å²) in [5.41, 5.74) is 0.883. The van der Waals surface area contributed by atoms with Crippen LogP contribution >= 0.6 is 0 Å². The molecule has 0 aromatic heterocycles. The van der Waals surface area contributed by atoms with Gasteiger partial charge in [-0.15, -0.1) is 0 Å². The third-order valence-electron chi connectivity index (χ3n) is 2.86. The van der Waals surface area contributed by atoms with E-state index in [9.17, 15) is 14.9 Å². The number of nitro groups is 1. The lowest BCUT2D eigenvalue weighted by Gasteiger charge is -2.07. The Morgan fingerprint density at radius 3 is 2.52 bits per heavy atom. The zero-order valence-corrected chi connectivity index (χ0v) is 12.2. The van der Waals surface area contributed by atoms with E-state index in [-0.39, 0.29) is 11.6 Å². The highest BCUT2D eigenvalue weighted by Crippen LogP contribution is 2.15. The lowest BCUT2D eigenvalue weighted by atomic mass is 10.2. The van der Waals surface area contributed by atoms with E-state index >= 15 is 0 Å². The van der Waals surface area contributed by atoms with Gasteiger partial charge in [0.2, 0.25) is 5.91 Å². The largest absolute Gasteiger partial charge is 0.385 e. The van der Waals surface area contributed by atoms with Crippen molar-refractivity contribution in [2.24, 2.45) is 0 Å². The lowest BCUT2D eigenvalue weighted by Crippen LogP contribution is -2.31.